The summed E-state index contributed by atoms with van der Waals surface area (Å²) in [6, 6.07) is 1.70. The van der Waals surface area contributed by atoms with E-state index in [1.165, 1.54) is 0 Å². The molecule has 0 amide bonds. The van der Waals surface area contributed by atoms with Crippen molar-refractivity contribution in [2.45, 2.75) is 19.4 Å². The Morgan fingerprint density at radius 1 is 1.31 bits per heavy atom. The molecule has 0 fully saturated rings. The van der Waals surface area contributed by atoms with Crippen molar-refractivity contribution >= 4 is 11.2 Å². The smallest absolute Gasteiger partial charge is 0.245 e. The van der Waals surface area contributed by atoms with Crippen molar-refractivity contribution in [3.63, 3.8) is 0 Å². The highest BCUT2D eigenvalue weighted by Crippen LogP contribution is 2.24. The number of aliphatic hydroxyl groups is 1. The second-order valence-electron chi connectivity index (χ2n) is 3.42. The zero-order chi connectivity index (χ0) is 9.47. The first-order valence-electron chi connectivity index (χ1n) is 4.01. The lowest BCUT2D eigenvalue weighted by Crippen LogP contribution is -2.13. The van der Waals surface area contributed by atoms with Crippen LogP contribution in [0.25, 0.3) is 11.2 Å². The Morgan fingerprint density at radius 2 is 2.00 bits per heavy atom. The molecule has 2 heterocycles. The summed E-state index contributed by atoms with van der Waals surface area (Å²) >= 11 is 0. The maximum absolute atomic E-state index is 9.64. The van der Waals surface area contributed by atoms with Gasteiger partial charge in [0.25, 0.3) is 0 Å². The lowest BCUT2D eigenvalue weighted by Gasteiger charge is -2.11. The van der Waals surface area contributed by atoms with E-state index in [2.05, 4.69) is 9.97 Å². The molecular weight excluding hydrogens is 168 g/mol. The van der Waals surface area contributed by atoms with Gasteiger partial charge < -0.3 is 9.52 Å². The van der Waals surface area contributed by atoms with Crippen LogP contribution in [0, 0.1) is 0 Å². The fraction of sp³-hybridized carbons (Fsp3) is 0.333. The average molecular weight is 178 g/mol. The standard InChI is InChI=1S/C9H10N2O2/c1-9(2,12)7-5-6-8(13-7)11-4-3-10-6/h3-5,12H,1-2H3. The van der Waals surface area contributed by atoms with Gasteiger partial charge in [-0.2, -0.15) is 0 Å². The topological polar surface area (TPSA) is 59.2 Å². The molecule has 1 N–H and O–H groups in total. The Kier molecular flexibility index (Phi) is 1.60. The fourth-order valence-corrected chi connectivity index (χ4v) is 1.07. The predicted molar refractivity (Wildman–Crippen MR) is 47.0 cm³/mol. The molecule has 0 bridgehead atoms. The molecular formula is C9H10N2O2. The molecule has 2 aromatic heterocycles. The van der Waals surface area contributed by atoms with Gasteiger partial charge in [-0.05, 0) is 13.8 Å². The van der Waals surface area contributed by atoms with Crippen molar-refractivity contribution in [1.29, 1.82) is 0 Å². The van der Waals surface area contributed by atoms with Crippen LogP contribution in [-0.4, -0.2) is 15.1 Å². The minimum absolute atomic E-state index is 0.458. The summed E-state index contributed by atoms with van der Waals surface area (Å²) in [7, 11) is 0. The maximum atomic E-state index is 9.64. The number of fused-ring (bicyclic) bond motifs is 1. The minimum Gasteiger partial charge on any atom is -0.438 e. The zero-order valence-electron chi connectivity index (χ0n) is 7.48. The Labute approximate surface area is 75.2 Å². The predicted octanol–water partition coefficient (Wildman–Crippen LogP) is 1.45. The molecule has 0 saturated heterocycles. The molecule has 0 aliphatic heterocycles. The first kappa shape index (κ1) is 8.19. The summed E-state index contributed by atoms with van der Waals surface area (Å²) in [5, 5.41) is 9.64. The number of rotatable bonds is 1. The summed E-state index contributed by atoms with van der Waals surface area (Å²) in [5.41, 5.74) is 0.141. The van der Waals surface area contributed by atoms with Crippen LogP contribution < -0.4 is 0 Å². The van der Waals surface area contributed by atoms with Crippen molar-refractivity contribution in [3.05, 3.63) is 24.2 Å². The number of aromatic nitrogens is 2. The first-order valence-corrected chi connectivity index (χ1v) is 4.01. The summed E-state index contributed by atoms with van der Waals surface area (Å²) in [6.45, 7) is 3.31. The largest absolute Gasteiger partial charge is 0.438 e. The maximum Gasteiger partial charge on any atom is 0.245 e. The molecule has 0 saturated carbocycles. The molecule has 0 aliphatic carbocycles. The third-order valence-electron chi connectivity index (χ3n) is 1.77. The molecule has 0 aromatic carbocycles. The number of nitrogens with zero attached hydrogens (tertiary/aromatic N) is 2. The van der Waals surface area contributed by atoms with Gasteiger partial charge in [-0.3, -0.25) is 0 Å². The van der Waals surface area contributed by atoms with Gasteiger partial charge in [0.15, 0.2) is 0 Å². The van der Waals surface area contributed by atoms with Crippen molar-refractivity contribution in [1.82, 2.24) is 9.97 Å². The Bertz CT molecular complexity index is 395. The first-order chi connectivity index (χ1) is 6.07. The molecule has 0 unspecified atom stereocenters. The Hall–Kier alpha value is -1.42. The van der Waals surface area contributed by atoms with Crippen LogP contribution in [-0.2, 0) is 5.60 Å². The minimum atomic E-state index is -0.984. The zero-order valence-corrected chi connectivity index (χ0v) is 7.48. The Morgan fingerprint density at radius 3 is 2.62 bits per heavy atom. The molecule has 0 spiro atoms. The van der Waals surface area contributed by atoms with E-state index < -0.39 is 5.60 Å². The van der Waals surface area contributed by atoms with E-state index in [4.69, 9.17) is 4.42 Å². The highest BCUT2D eigenvalue weighted by Gasteiger charge is 2.21. The van der Waals surface area contributed by atoms with Crippen LogP contribution in [0.3, 0.4) is 0 Å². The van der Waals surface area contributed by atoms with E-state index in [9.17, 15) is 5.11 Å². The molecule has 13 heavy (non-hydrogen) atoms. The molecule has 0 aliphatic rings. The quantitative estimate of drug-likeness (QED) is 0.718. The van der Waals surface area contributed by atoms with Crippen LogP contribution in [0.2, 0.25) is 0 Å². The van der Waals surface area contributed by atoms with E-state index in [1.807, 2.05) is 0 Å². The second kappa shape index (κ2) is 2.53. The molecule has 2 aromatic rings. The third-order valence-corrected chi connectivity index (χ3v) is 1.77. The van der Waals surface area contributed by atoms with Crippen molar-refractivity contribution in [2.24, 2.45) is 0 Å². The fourth-order valence-electron chi connectivity index (χ4n) is 1.07. The summed E-state index contributed by atoms with van der Waals surface area (Å²) in [5.74, 6) is 0.480. The van der Waals surface area contributed by atoms with E-state index in [0.717, 1.165) is 0 Å². The summed E-state index contributed by atoms with van der Waals surface area (Å²) in [6.07, 6.45) is 3.14. The van der Waals surface area contributed by atoms with Crippen LogP contribution in [0.4, 0.5) is 0 Å². The van der Waals surface area contributed by atoms with Crippen molar-refractivity contribution < 1.29 is 9.52 Å². The van der Waals surface area contributed by atoms with E-state index in [-0.39, 0.29) is 0 Å². The highest BCUT2D eigenvalue weighted by atomic mass is 16.4. The van der Waals surface area contributed by atoms with Crippen LogP contribution in [0.5, 0.6) is 0 Å². The molecule has 2 rings (SSSR count). The van der Waals surface area contributed by atoms with E-state index in [1.54, 1.807) is 32.3 Å². The average Bonchev–Trinajstić information content (AvgIpc) is 2.45. The monoisotopic (exact) mass is 178 g/mol. The molecule has 68 valence electrons. The lowest BCUT2D eigenvalue weighted by atomic mass is 10.1. The lowest BCUT2D eigenvalue weighted by molar-refractivity contribution is 0.0556. The van der Waals surface area contributed by atoms with Crippen molar-refractivity contribution in [3.8, 4) is 0 Å². The number of hydrogen-bond donors (Lipinski definition) is 1. The van der Waals surface area contributed by atoms with Crippen LogP contribution >= 0.6 is 0 Å². The molecule has 4 heteroatoms. The van der Waals surface area contributed by atoms with Gasteiger partial charge in [-0.15, -0.1) is 0 Å². The summed E-state index contributed by atoms with van der Waals surface area (Å²) in [4.78, 5) is 8.02. The molecule has 0 radical (unpaired) electrons. The normalized spacial score (nSPS) is 12.2. The van der Waals surface area contributed by atoms with Gasteiger partial charge >= 0.3 is 0 Å². The van der Waals surface area contributed by atoms with Gasteiger partial charge in [0.05, 0.1) is 0 Å². The van der Waals surface area contributed by atoms with Crippen LogP contribution in [0.15, 0.2) is 22.9 Å². The molecule has 0 atom stereocenters. The van der Waals surface area contributed by atoms with Crippen LogP contribution in [0.1, 0.15) is 19.6 Å². The highest BCUT2D eigenvalue weighted by molar-refractivity contribution is 5.68. The van der Waals surface area contributed by atoms with Gasteiger partial charge in [0, 0.05) is 18.5 Å². The third kappa shape index (κ3) is 1.40. The van der Waals surface area contributed by atoms with Gasteiger partial charge in [-0.25, -0.2) is 9.97 Å². The van der Waals surface area contributed by atoms with E-state index >= 15 is 0 Å². The Balaban J connectivity index is 2.63. The van der Waals surface area contributed by atoms with E-state index in [0.29, 0.717) is 17.0 Å². The van der Waals surface area contributed by atoms with Gasteiger partial charge in [0.1, 0.15) is 16.9 Å². The second-order valence-corrected chi connectivity index (χ2v) is 3.42. The molecule has 4 nitrogen and oxygen atoms in total. The number of furan rings is 1. The SMILES string of the molecule is CC(C)(O)c1cc2nccnc2o1. The number of hydrogen-bond acceptors (Lipinski definition) is 4. The van der Waals surface area contributed by atoms with Crippen molar-refractivity contribution in [2.75, 3.05) is 0 Å². The van der Waals surface area contributed by atoms with Gasteiger partial charge in [0.2, 0.25) is 5.71 Å². The summed E-state index contributed by atoms with van der Waals surface area (Å²) < 4.78 is 5.31. The van der Waals surface area contributed by atoms with Gasteiger partial charge in [-0.1, -0.05) is 0 Å².